The fourth-order valence-electron chi connectivity index (χ4n) is 2.28. The zero-order valence-corrected chi connectivity index (χ0v) is 11.1. The van der Waals surface area contributed by atoms with Gasteiger partial charge in [-0.05, 0) is 31.2 Å². The standard InChI is InChI=1S/C15H21NO3/c17-14-8-4-10-16(11-5-9-14)15(18)19-12-13-6-2-1-3-7-13/h1-3,6-7,14,17H,4-5,8-12H2. The molecule has 1 fully saturated rings. The van der Waals surface area contributed by atoms with Crippen molar-refractivity contribution in [3.63, 3.8) is 0 Å². The molecular formula is C15H21NO3. The van der Waals surface area contributed by atoms with Crippen molar-refractivity contribution in [2.75, 3.05) is 13.1 Å². The number of ether oxygens (including phenoxy) is 1. The second kappa shape index (κ2) is 7.14. The van der Waals surface area contributed by atoms with Crippen LogP contribution < -0.4 is 0 Å². The van der Waals surface area contributed by atoms with Crippen LogP contribution in [0, 0.1) is 0 Å². The van der Waals surface area contributed by atoms with Gasteiger partial charge in [0.2, 0.25) is 0 Å². The number of carbonyl (C=O) groups excluding carboxylic acids is 1. The van der Waals surface area contributed by atoms with Gasteiger partial charge in [-0.2, -0.15) is 0 Å². The van der Waals surface area contributed by atoms with Crippen LogP contribution >= 0.6 is 0 Å². The first-order valence-corrected chi connectivity index (χ1v) is 6.89. The molecule has 1 aromatic carbocycles. The van der Waals surface area contributed by atoms with Gasteiger partial charge in [0, 0.05) is 13.1 Å². The van der Waals surface area contributed by atoms with Gasteiger partial charge in [-0.3, -0.25) is 0 Å². The summed E-state index contributed by atoms with van der Waals surface area (Å²) in [4.78, 5) is 13.7. The molecule has 1 saturated heterocycles. The Kier molecular flexibility index (Phi) is 5.21. The molecule has 104 valence electrons. The summed E-state index contributed by atoms with van der Waals surface area (Å²) in [6.45, 7) is 1.66. The van der Waals surface area contributed by atoms with E-state index >= 15 is 0 Å². The van der Waals surface area contributed by atoms with Crippen molar-refractivity contribution in [1.82, 2.24) is 4.90 Å². The summed E-state index contributed by atoms with van der Waals surface area (Å²) in [7, 11) is 0. The number of nitrogens with zero attached hydrogens (tertiary/aromatic N) is 1. The maximum Gasteiger partial charge on any atom is 0.410 e. The van der Waals surface area contributed by atoms with Gasteiger partial charge >= 0.3 is 6.09 Å². The van der Waals surface area contributed by atoms with E-state index in [2.05, 4.69) is 0 Å². The maximum absolute atomic E-state index is 12.0. The van der Waals surface area contributed by atoms with E-state index in [1.165, 1.54) is 0 Å². The molecule has 4 nitrogen and oxygen atoms in total. The Hall–Kier alpha value is -1.55. The lowest BCUT2D eigenvalue weighted by molar-refractivity contribution is 0.0800. The molecular weight excluding hydrogens is 242 g/mol. The third-order valence-electron chi connectivity index (χ3n) is 3.39. The highest BCUT2D eigenvalue weighted by Gasteiger charge is 2.18. The number of rotatable bonds is 2. The van der Waals surface area contributed by atoms with Gasteiger partial charge in [0.15, 0.2) is 0 Å². The van der Waals surface area contributed by atoms with E-state index in [-0.39, 0.29) is 12.2 Å². The Balaban J connectivity index is 1.79. The molecule has 19 heavy (non-hydrogen) atoms. The first-order chi connectivity index (χ1) is 9.25. The molecule has 0 bridgehead atoms. The van der Waals surface area contributed by atoms with Crippen molar-refractivity contribution in [2.45, 2.75) is 38.4 Å². The molecule has 1 aliphatic heterocycles. The molecule has 4 heteroatoms. The number of amides is 1. The molecule has 1 N–H and O–H groups in total. The zero-order chi connectivity index (χ0) is 13.5. The Morgan fingerprint density at radius 3 is 2.47 bits per heavy atom. The highest BCUT2D eigenvalue weighted by atomic mass is 16.6. The van der Waals surface area contributed by atoms with Crippen molar-refractivity contribution in [2.24, 2.45) is 0 Å². The number of hydrogen-bond donors (Lipinski definition) is 1. The molecule has 0 aliphatic carbocycles. The van der Waals surface area contributed by atoms with Crippen LogP contribution in [-0.4, -0.2) is 35.3 Å². The van der Waals surface area contributed by atoms with E-state index in [1.807, 2.05) is 30.3 Å². The molecule has 0 radical (unpaired) electrons. The molecule has 1 aromatic rings. The van der Waals surface area contributed by atoms with Gasteiger partial charge in [-0.1, -0.05) is 30.3 Å². The first-order valence-electron chi connectivity index (χ1n) is 6.89. The Bertz CT molecular complexity index is 384. The largest absolute Gasteiger partial charge is 0.445 e. The quantitative estimate of drug-likeness (QED) is 0.892. The molecule has 2 rings (SSSR count). The summed E-state index contributed by atoms with van der Waals surface area (Å²) in [5, 5.41) is 9.56. The van der Waals surface area contributed by atoms with Crippen LogP contribution in [0.3, 0.4) is 0 Å². The van der Waals surface area contributed by atoms with Gasteiger partial charge in [0.25, 0.3) is 0 Å². The molecule has 0 saturated carbocycles. The minimum absolute atomic E-state index is 0.206. The number of aliphatic hydroxyl groups is 1. The summed E-state index contributed by atoms with van der Waals surface area (Å²) >= 11 is 0. The van der Waals surface area contributed by atoms with Crippen molar-refractivity contribution >= 4 is 6.09 Å². The minimum atomic E-state index is -0.250. The lowest BCUT2D eigenvalue weighted by atomic mass is 10.1. The van der Waals surface area contributed by atoms with Gasteiger partial charge < -0.3 is 14.7 Å². The third kappa shape index (κ3) is 4.56. The molecule has 0 unspecified atom stereocenters. The number of benzene rings is 1. The second-order valence-electron chi connectivity index (χ2n) is 4.97. The fraction of sp³-hybridized carbons (Fsp3) is 0.533. The summed E-state index contributed by atoms with van der Waals surface area (Å²) in [5.41, 5.74) is 0.998. The van der Waals surface area contributed by atoms with E-state index in [9.17, 15) is 9.90 Å². The van der Waals surface area contributed by atoms with Crippen molar-refractivity contribution in [3.8, 4) is 0 Å². The lowest BCUT2D eigenvalue weighted by Gasteiger charge is -2.25. The van der Waals surface area contributed by atoms with E-state index in [0.717, 1.165) is 31.2 Å². The van der Waals surface area contributed by atoms with Gasteiger partial charge in [0.05, 0.1) is 6.10 Å². The van der Waals surface area contributed by atoms with Crippen LogP contribution in [0.25, 0.3) is 0 Å². The molecule has 0 aromatic heterocycles. The monoisotopic (exact) mass is 263 g/mol. The summed E-state index contributed by atoms with van der Waals surface area (Å²) in [6, 6.07) is 9.68. The van der Waals surface area contributed by atoms with Crippen LogP contribution in [0.2, 0.25) is 0 Å². The minimum Gasteiger partial charge on any atom is -0.445 e. The highest BCUT2D eigenvalue weighted by Crippen LogP contribution is 2.13. The maximum atomic E-state index is 12.0. The van der Waals surface area contributed by atoms with Crippen LogP contribution in [0.5, 0.6) is 0 Å². The normalized spacial score (nSPS) is 17.6. The predicted molar refractivity (Wildman–Crippen MR) is 72.7 cm³/mol. The molecule has 1 amide bonds. The molecule has 1 heterocycles. The van der Waals surface area contributed by atoms with Crippen LogP contribution in [0.4, 0.5) is 4.79 Å². The number of hydrogen-bond acceptors (Lipinski definition) is 3. The topological polar surface area (TPSA) is 49.8 Å². The zero-order valence-electron chi connectivity index (χ0n) is 11.1. The first kappa shape index (κ1) is 13.9. The van der Waals surface area contributed by atoms with Crippen molar-refractivity contribution < 1.29 is 14.6 Å². The van der Waals surface area contributed by atoms with Crippen LogP contribution in [0.1, 0.15) is 31.2 Å². The molecule has 1 aliphatic rings. The average Bonchev–Trinajstić information content (AvgIpc) is 2.41. The van der Waals surface area contributed by atoms with Crippen molar-refractivity contribution in [3.05, 3.63) is 35.9 Å². The second-order valence-corrected chi connectivity index (χ2v) is 4.97. The Labute approximate surface area is 114 Å². The Morgan fingerprint density at radius 2 is 1.84 bits per heavy atom. The van der Waals surface area contributed by atoms with E-state index < -0.39 is 0 Å². The summed E-state index contributed by atoms with van der Waals surface area (Å²) in [5.74, 6) is 0. The smallest absolute Gasteiger partial charge is 0.410 e. The molecule has 0 spiro atoms. The fourth-order valence-corrected chi connectivity index (χ4v) is 2.28. The van der Waals surface area contributed by atoms with Gasteiger partial charge in [0.1, 0.15) is 6.61 Å². The average molecular weight is 263 g/mol. The number of likely N-dealkylation sites (tertiary alicyclic amines) is 1. The van der Waals surface area contributed by atoms with Crippen LogP contribution in [-0.2, 0) is 11.3 Å². The highest BCUT2D eigenvalue weighted by molar-refractivity contribution is 5.67. The van der Waals surface area contributed by atoms with E-state index in [0.29, 0.717) is 19.7 Å². The third-order valence-corrected chi connectivity index (χ3v) is 3.39. The Morgan fingerprint density at radius 1 is 1.21 bits per heavy atom. The van der Waals surface area contributed by atoms with E-state index in [1.54, 1.807) is 4.90 Å². The predicted octanol–water partition coefficient (Wildman–Crippen LogP) is 2.56. The molecule has 0 atom stereocenters. The van der Waals surface area contributed by atoms with E-state index in [4.69, 9.17) is 4.74 Å². The SMILES string of the molecule is O=C(OCc1ccccc1)N1CCCC(O)CCC1. The van der Waals surface area contributed by atoms with Gasteiger partial charge in [-0.15, -0.1) is 0 Å². The van der Waals surface area contributed by atoms with Crippen LogP contribution in [0.15, 0.2) is 30.3 Å². The number of carbonyl (C=O) groups is 1. The lowest BCUT2D eigenvalue weighted by Crippen LogP contribution is -2.35. The van der Waals surface area contributed by atoms with Gasteiger partial charge in [-0.25, -0.2) is 4.79 Å². The number of aliphatic hydroxyl groups excluding tert-OH is 1. The summed E-state index contributed by atoms with van der Waals surface area (Å²) < 4.78 is 5.32. The van der Waals surface area contributed by atoms with Crippen molar-refractivity contribution in [1.29, 1.82) is 0 Å². The summed E-state index contributed by atoms with van der Waals surface area (Å²) in [6.07, 6.45) is 2.75.